The van der Waals surface area contributed by atoms with Crippen LogP contribution in [0.15, 0.2) is 54.6 Å². The Labute approximate surface area is 201 Å². The second kappa shape index (κ2) is 8.10. The Hall–Kier alpha value is -3.90. The SMILES string of the molecule is CN1c2cc(-c3cc(Oc4cccc(C#N)n4)ccc3C#N)ccc2N(CC2CC2(F)F)S1(O)O. The molecule has 5 rings (SSSR count). The highest BCUT2D eigenvalue weighted by Crippen LogP contribution is 2.63. The molecule has 2 N–H and O–H groups in total. The summed E-state index contributed by atoms with van der Waals surface area (Å²) in [5, 5.41) is 18.7. The molecule has 2 aromatic carbocycles. The van der Waals surface area contributed by atoms with Crippen LogP contribution in [0, 0.1) is 28.6 Å². The number of aromatic nitrogens is 1. The van der Waals surface area contributed by atoms with E-state index >= 15 is 0 Å². The van der Waals surface area contributed by atoms with Gasteiger partial charge in [0.25, 0.3) is 5.92 Å². The van der Waals surface area contributed by atoms with Gasteiger partial charge in [0.15, 0.2) is 0 Å². The quantitative estimate of drug-likeness (QED) is 0.458. The topological polar surface area (TPSA) is 117 Å². The number of nitrogens with zero attached hydrogens (tertiary/aromatic N) is 5. The highest BCUT2D eigenvalue weighted by molar-refractivity contribution is 8.26. The summed E-state index contributed by atoms with van der Waals surface area (Å²) in [4.78, 5) is 4.09. The fourth-order valence-corrected chi connectivity index (χ4v) is 5.51. The van der Waals surface area contributed by atoms with Gasteiger partial charge in [-0.2, -0.15) is 10.5 Å². The summed E-state index contributed by atoms with van der Waals surface area (Å²) >= 11 is 0. The zero-order valence-electron chi connectivity index (χ0n) is 18.4. The van der Waals surface area contributed by atoms with Gasteiger partial charge in [-0.15, -0.1) is 0 Å². The lowest BCUT2D eigenvalue weighted by atomic mass is 9.99. The van der Waals surface area contributed by atoms with Gasteiger partial charge < -0.3 is 4.74 Å². The molecule has 1 fully saturated rings. The van der Waals surface area contributed by atoms with Crippen LogP contribution in [0.4, 0.5) is 20.2 Å². The minimum absolute atomic E-state index is 0.173. The van der Waals surface area contributed by atoms with E-state index in [1.54, 1.807) is 54.6 Å². The summed E-state index contributed by atoms with van der Waals surface area (Å²) in [5.41, 5.74) is 2.57. The van der Waals surface area contributed by atoms with Crippen molar-refractivity contribution in [3.05, 3.63) is 65.9 Å². The lowest BCUT2D eigenvalue weighted by Gasteiger charge is -2.42. The van der Waals surface area contributed by atoms with Gasteiger partial charge in [0.1, 0.15) is 17.5 Å². The summed E-state index contributed by atoms with van der Waals surface area (Å²) in [6.45, 7) is -0.173. The van der Waals surface area contributed by atoms with Gasteiger partial charge in [-0.3, -0.25) is 17.7 Å². The summed E-state index contributed by atoms with van der Waals surface area (Å²) < 4.78 is 56.8. The van der Waals surface area contributed by atoms with E-state index in [0.717, 1.165) is 0 Å². The Bertz CT molecular complexity index is 1420. The normalized spacial score (nSPS) is 19.9. The van der Waals surface area contributed by atoms with E-state index in [2.05, 4.69) is 11.1 Å². The predicted octanol–water partition coefficient (Wildman–Crippen LogP) is 5.78. The second-order valence-electron chi connectivity index (χ2n) is 8.31. The molecule has 3 aromatic rings. The summed E-state index contributed by atoms with van der Waals surface area (Å²) in [6, 6.07) is 18.7. The van der Waals surface area contributed by atoms with Crippen molar-refractivity contribution >= 4 is 22.3 Å². The molecule has 2 aliphatic rings. The first-order valence-corrected chi connectivity index (χ1v) is 12.0. The Balaban J connectivity index is 1.50. The lowest BCUT2D eigenvalue weighted by molar-refractivity contribution is 0.101. The van der Waals surface area contributed by atoms with Crippen LogP contribution in [-0.4, -0.2) is 33.6 Å². The van der Waals surface area contributed by atoms with Crippen LogP contribution in [0.3, 0.4) is 0 Å². The van der Waals surface area contributed by atoms with Crippen molar-refractivity contribution in [2.75, 3.05) is 22.2 Å². The highest BCUT2D eigenvalue weighted by atomic mass is 32.3. The van der Waals surface area contributed by atoms with Crippen LogP contribution in [0.2, 0.25) is 0 Å². The van der Waals surface area contributed by atoms with E-state index in [-0.39, 0.29) is 24.5 Å². The molecule has 0 saturated heterocycles. The molecular formula is C24H19F2N5O3S. The number of nitriles is 2. The standard InChI is InChI=1S/C24H19F2N5O3S/c1-30-22-9-15(6-8-21(22)31(35(30,32)33)14-17-11-24(17,25)26)20-10-19(7-5-16(20)12-27)34-23-4-2-3-18(13-28)29-23/h2-10,17,32-33H,11,14H2,1H3. The van der Waals surface area contributed by atoms with Gasteiger partial charge >= 0.3 is 0 Å². The highest BCUT2D eigenvalue weighted by Gasteiger charge is 2.59. The smallest absolute Gasteiger partial charge is 0.253 e. The predicted molar refractivity (Wildman–Crippen MR) is 127 cm³/mol. The third kappa shape index (κ3) is 4.00. The van der Waals surface area contributed by atoms with E-state index in [9.17, 15) is 23.1 Å². The number of ether oxygens (including phenoxy) is 1. The number of benzene rings is 2. The minimum Gasteiger partial charge on any atom is -0.439 e. The number of pyridine rings is 1. The van der Waals surface area contributed by atoms with E-state index < -0.39 is 22.8 Å². The molecule has 1 aliphatic carbocycles. The largest absolute Gasteiger partial charge is 0.439 e. The average molecular weight is 496 g/mol. The molecule has 35 heavy (non-hydrogen) atoms. The molecule has 1 atom stereocenters. The third-order valence-electron chi connectivity index (χ3n) is 6.07. The number of hydrogen-bond acceptors (Lipinski definition) is 8. The Morgan fingerprint density at radius 3 is 2.57 bits per heavy atom. The maximum Gasteiger partial charge on any atom is 0.253 e. The monoisotopic (exact) mass is 495 g/mol. The zero-order valence-corrected chi connectivity index (χ0v) is 19.2. The number of rotatable bonds is 5. The van der Waals surface area contributed by atoms with Crippen molar-refractivity contribution < 1.29 is 22.6 Å². The molecule has 11 heteroatoms. The van der Waals surface area contributed by atoms with Gasteiger partial charge in [-0.05, 0) is 52.9 Å². The molecule has 8 nitrogen and oxygen atoms in total. The van der Waals surface area contributed by atoms with Crippen LogP contribution < -0.4 is 13.3 Å². The van der Waals surface area contributed by atoms with Gasteiger partial charge in [-0.1, -0.05) is 12.1 Å². The Morgan fingerprint density at radius 2 is 1.89 bits per heavy atom. The van der Waals surface area contributed by atoms with E-state index in [4.69, 9.17) is 10.00 Å². The first-order valence-electron chi connectivity index (χ1n) is 10.6. The van der Waals surface area contributed by atoms with Gasteiger partial charge in [0, 0.05) is 37.6 Å². The molecule has 0 radical (unpaired) electrons. The maximum absolute atomic E-state index is 13.5. The van der Waals surface area contributed by atoms with Crippen LogP contribution in [0.25, 0.3) is 11.1 Å². The summed E-state index contributed by atoms with van der Waals surface area (Å²) in [5.74, 6) is -3.12. The fourth-order valence-electron chi connectivity index (χ4n) is 4.01. The molecule has 0 spiro atoms. The Kier molecular flexibility index (Phi) is 5.29. The van der Waals surface area contributed by atoms with Crippen molar-refractivity contribution in [2.24, 2.45) is 5.92 Å². The van der Waals surface area contributed by atoms with Crippen molar-refractivity contribution in [3.8, 4) is 34.9 Å². The maximum atomic E-state index is 13.5. The molecule has 1 aliphatic heterocycles. The first-order chi connectivity index (χ1) is 16.6. The lowest BCUT2D eigenvalue weighted by Crippen LogP contribution is -2.33. The van der Waals surface area contributed by atoms with Crippen LogP contribution >= 0.6 is 11.0 Å². The van der Waals surface area contributed by atoms with Crippen LogP contribution in [0.5, 0.6) is 11.6 Å². The molecular weight excluding hydrogens is 476 g/mol. The molecule has 0 amide bonds. The molecule has 2 heterocycles. The number of hydrogen-bond donors (Lipinski definition) is 2. The van der Waals surface area contributed by atoms with Gasteiger partial charge in [0.2, 0.25) is 5.88 Å². The van der Waals surface area contributed by atoms with Gasteiger partial charge in [-0.25, -0.2) is 13.8 Å². The van der Waals surface area contributed by atoms with E-state index in [1.807, 2.05) is 6.07 Å². The van der Waals surface area contributed by atoms with E-state index in [1.165, 1.54) is 15.7 Å². The second-order valence-corrected chi connectivity index (χ2v) is 10.3. The number of halogens is 2. The third-order valence-corrected chi connectivity index (χ3v) is 7.94. The van der Waals surface area contributed by atoms with Crippen LogP contribution in [-0.2, 0) is 0 Å². The minimum atomic E-state index is -3.49. The van der Waals surface area contributed by atoms with Crippen molar-refractivity contribution in [2.45, 2.75) is 12.3 Å². The van der Waals surface area contributed by atoms with Crippen LogP contribution in [0.1, 0.15) is 17.7 Å². The fraction of sp³-hybridized carbons (Fsp3) is 0.208. The van der Waals surface area contributed by atoms with Gasteiger partial charge in [0.05, 0.1) is 23.0 Å². The Morgan fingerprint density at radius 1 is 1.11 bits per heavy atom. The van der Waals surface area contributed by atoms with E-state index in [0.29, 0.717) is 33.8 Å². The summed E-state index contributed by atoms with van der Waals surface area (Å²) in [7, 11) is -2.00. The number of fused-ring (bicyclic) bond motifs is 1. The molecule has 1 aromatic heterocycles. The van der Waals surface area contributed by atoms with Crippen molar-refractivity contribution in [1.82, 2.24) is 4.98 Å². The zero-order chi connectivity index (χ0) is 25.0. The average Bonchev–Trinajstić information content (AvgIpc) is 3.41. The number of anilines is 2. The first kappa shape index (κ1) is 22.9. The van der Waals surface area contributed by atoms with Crippen molar-refractivity contribution in [1.29, 1.82) is 10.5 Å². The molecule has 1 saturated carbocycles. The summed E-state index contributed by atoms with van der Waals surface area (Å²) in [6.07, 6.45) is -0.277. The molecule has 0 bridgehead atoms. The van der Waals surface area contributed by atoms with Crippen molar-refractivity contribution in [3.63, 3.8) is 0 Å². The molecule has 178 valence electrons. The molecule has 1 unspecified atom stereocenters. The number of alkyl halides is 2.